The van der Waals surface area contributed by atoms with Crippen LogP contribution in [0.3, 0.4) is 0 Å². The molecular formula is C23H25NO5. The minimum Gasteiger partial charge on any atom is -0.493 e. The van der Waals surface area contributed by atoms with Gasteiger partial charge in [-0.15, -0.1) is 0 Å². The van der Waals surface area contributed by atoms with Gasteiger partial charge in [0.25, 0.3) is 5.91 Å². The van der Waals surface area contributed by atoms with Crippen LogP contribution in [0.25, 0.3) is 11.0 Å². The second kappa shape index (κ2) is 8.82. The van der Waals surface area contributed by atoms with E-state index in [-0.39, 0.29) is 18.3 Å². The molecule has 0 spiro atoms. The fourth-order valence-electron chi connectivity index (χ4n) is 3.19. The summed E-state index contributed by atoms with van der Waals surface area (Å²) in [6, 6.07) is 12.7. The highest BCUT2D eigenvalue weighted by Gasteiger charge is 2.18. The lowest BCUT2D eigenvalue weighted by Crippen LogP contribution is -2.31. The number of para-hydroxylation sites is 1. The van der Waals surface area contributed by atoms with Crippen molar-refractivity contribution in [2.75, 3.05) is 20.8 Å². The molecule has 0 saturated heterocycles. The first-order valence-electron chi connectivity index (χ1n) is 9.49. The summed E-state index contributed by atoms with van der Waals surface area (Å²) in [5, 5.41) is 1.02. The van der Waals surface area contributed by atoms with Crippen LogP contribution in [0.2, 0.25) is 0 Å². The van der Waals surface area contributed by atoms with Crippen molar-refractivity contribution in [2.24, 2.45) is 0 Å². The largest absolute Gasteiger partial charge is 0.493 e. The molecule has 3 aromatic rings. The third kappa shape index (κ3) is 4.42. The molecule has 0 unspecified atom stereocenters. The first-order chi connectivity index (χ1) is 13.9. The Hall–Kier alpha value is -3.28. The van der Waals surface area contributed by atoms with E-state index in [0.717, 1.165) is 28.7 Å². The predicted octanol–water partition coefficient (Wildman–Crippen LogP) is 4.24. The maximum Gasteiger partial charge on any atom is 0.260 e. The van der Waals surface area contributed by atoms with Gasteiger partial charge in [-0.25, -0.2) is 0 Å². The summed E-state index contributed by atoms with van der Waals surface area (Å²) >= 11 is 0. The molecule has 1 amide bonds. The van der Waals surface area contributed by atoms with Gasteiger partial charge in [0.05, 0.1) is 7.11 Å². The molecule has 0 atom stereocenters. The molecule has 6 nitrogen and oxygen atoms in total. The zero-order valence-electron chi connectivity index (χ0n) is 17.2. The van der Waals surface area contributed by atoms with Gasteiger partial charge in [-0.05, 0) is 31.2 Å². The summed E-state index contributed by atoms with van der Waals surface area (Å²) < 4.78 is 16.8. The van der Waals surface area contributed by atoms with E-state index in [9.17, 15) is 9.59 Å². The Morgan fingerprint density at radius 3 is 2.55 bits per heavy atom. The Bertz CT molecular complexity index is 1040. The molecule has 1 aromatic heterocycles. The summed E-state index contributed by atoms with van der Waals surface area (Å²) in [7, 11) is 3.24. The molecule has 29 heavy (non-hydrogen) atoms. The Labute approximate surface area is 170 Å². The first kappa shape index (κ1) is 20.5. The van der Waals surface area contributed by atoms with Crippen molar-refractivity contribution < 1.29 is 23.5 Å². The van der Waals surface area contributed by atoms with Gasteiger partial charge in [0.2, 0.25) is 0 Å². The number of ether oxygens (including phenoxy) is 2. The average molecular weight is 395 g/mol. The molecule has 1 heterocycles. The normalized spacial score (nSPS) is 10.8. The SMILES string of the molecule is CCc1oc2ccccc2c1CN(C)C(=O)COc1ccc(C(C)=O)cc1OC. The highest BCUT2D eigenvalue weighted by atomic mass is 16.5. The number of carbonyl (C=O) groups excluding carboxylic acids is 2. The number of amides is 1. The molecule has 152 valence electrons. The number of carbonyl (C=O) groups is 2. The number of nitrogens with zero attached hydrogens (tertiary/aromatic N) is 1. The van der Waals surface area contributed by atoms with Crippen molar-refractivity contribution >= 4 is 22.7 Å². The van der Waals surface area contributed by atoms with Crippen LogP contribution in [0.1, 0.15) is 35.5 Å². The van der Waals surface area contributed by atoms with E-state index in [4.69, 9.17) is 13.9 Å². The average Bonchev–Trinajstić information content (AvgIpc) is 3.09. The fraction of sp³-hybridized carbons (Fsp3) is 0.304. The van der Waals surface area contributed by atoms with Crippen molar-refractivity contribution in [3.63, 3.8) is 0 Å². The second-order valence-electron chi connectivity index (χ2n) is 6.81. The molecule has 3 rings (SSSR count). The van der Waals surface area contributed by atoms with Crippen LogP contribution in [0, 0.1) is 0 Å². The summed E-state index contributed by atoms with van der Waals surface area (Å²) in [5.74, 6) is 1.48. The van der Waals surface area contributed by atoms with Gasteiger partial charge in [0.1, 0.15) is 11.3 Å². The van der Waals surface area contributed by atoms with E-state index >= 15 is 0 Å². The van der Waals surface area contributed by atoms with E-state index in [1.165, 1.54) is 14.0 Å². The van der Waals surface area contributed by atoms with Crippen LogP contribution in [0.15, 0.2) is 46.9 Å². The maximum atomic E-state index is 12.6. The smallest absolute Gasteiger partial charge is 0.260 e. The Balaban J connectivity index is 1.70. The van der Waals surface area contributed by atoms with Gasteiger partial charge in [-0.1, -0.05) is 25.1 Å². The lowest BCUT2D eigenvalue weighted by Gasteiger charge is -2.18. The van der Waals surface area contributed by atoms with Crippen molar-refractivity contribution in [1.82, 2.24) is 4.90 Å². The Kier molecular flexibility index (Phi) is 6.22. The zero-order chi connectivity index (χ0) is 21.0. The van der Waals surface area contributed by atoms with Gasteiger partial charge < -0.3 is 18.8 Å². The molecule has 2 aromatic carbocycles. The number of Topliss-reactive ketones (excluding diaryl/α,β-unsaturated/α-hetero) is 1. The number of likely N-dealkylation sites (N-methyl/N-ethyl adjacent to an activating group) is 1. The van der Waals surface area contributed by atoms with Crippen LogP contribution in [-0.2, 0) is 17.8 Å². The number of rotatable bonds is 8. The molecule has 6 heteroatoms. The van der Waals surface area contributed by atoms with Gasteiger partial charge in [-0.2, -0.15) is 0 Å². The van der Waals surface area contributed by atoms with Crippen LogP contribution >= 0.6 is 0 Å². The van der Waals surface area contributed by atoms with E-state index < -0.39 is 0 Å². The summed E-state index contributed by atoms with van der Waals surface area (Å²) in [4.78, 5) is 25.8. The molecule has 0 aliphatic carbocycles. The minimum absolute atomic E-state index is 0.0651. The number of aryl methyl sites for hydroxylation is 1. The van der Waals surface area contributed by atoms with E-state index in [1.807, 2.05) is 31.2 Å². The second-order valence-corrected chi connectivity index (χ2v) is 6.81. The van der Waals surface area contributed by atoms with Crippen molar-refractivity contribution in [1.29, 1.82) is 0 Å². The highest BCUT2D eigenvalue weighted by Crippen LogP contribution is 2.29. The van der Waals surface area contributed by atoms with Crippen molar-refractivity contribution in [2.45, 2.75) is 26.8 Å². The molecule has 0 aliphatic heterocycles. The molecule has 0 bridgehead atoms. The van der Waals surface area contributed by atoms with Crippen LogP contribution in [0.5, 0.6) is 11.5 Å². The number of benzene rings is 2. The number of furan rings is 1. The molecule has 0 fully saturated rings. The predicted molar refractivity (Wildman–Crippen MR) is 111 cm³/mol. The van der Waals surface area contributed by atoms with Crippen LogP contribution < -0.4 is 9.47 Å². The summed E-state index contributed by atoms with van der Waals surface area (Å²) in [5.41, 5.74) is 2.37. The number of fused-ring (bicyclic) bond motifs is 1. The highest BCUT2D eigenvalue weighted by molar-refractivity contribution is 5.94. The molecular weight excluding hydrogens is 370 g/mol. The maximum absolute atomic E-state index is 12.6. The molecule has 0 aliphatic rings. The van der Waals surface area contributed by atoms with E-state index in [0.29, 0.717) is 23.6 Å². The van der Waals surface area contributed by atoms with Gasteiger partial charge in [-0.3, -0.25) is 9.59 Å². The lowest BCUT2D eigenvalue weighted by atomic mass is 10.1. The summed E-state index contributed by atoms with van der Waals surface area (Å²) in [6.07, 6.45) is 0.752. The topological polar surface area (TPSA) is 69.0 Å². The Morgan fingerprint density at radius 2 is 1.86 bits per heavy atom. The zero-order valence-corrected chi connectivity index (χ0v) is 17.2. The standard InChI is InChI=1S/C23H25NO5/c1-5-19-18(17-8-6-7-9-20(17)29-19)13-24(3)23(26)14-28-21-11-10-16(15(2)25)12-22(21)27-4/h6-12H,5,13-14H2,1-4H3. The first-order valence-corrected chi connectivity index (χ1v) is 9.49. The van der Waals surface area contributed by atoms with E-state index in [2.05, 4.69) is 0 Å². The fourth-order valence-corrected chi connectivity index (χ4v) is 3.19. The molecule has 0 saturated carbocycles. The molecule has 0 N–H and O–H groups in total. The monoisotopic (exact) mass is 395 g/mol. The quantitative estimate of drug-likeness (QED) is 0.534. The van der Waals surface area contributed by atoms with Crippen molar-refractivity contribution in [3.8, 4) is 11.5 Å². The minimum atomic E-state index is -0.171. The van der Waals surface area contributed by atoms with Crippen LogP contribution in [-0.4, -0.2) is 37.4 Å². The lowest BCUT2D eigenvalue weighted by molar-refractivity contribution is -0.132. The Morgan fingerprint density at radius 1 is 1.10 bits per heavy atom. The van der Waals surface area contributed by atoms with Gasteiger partial charge in [0.15, 0.2) is 23.9 Å². The third-order valence-electron chi connectivity index (χ3n) is 4.85. The number of hydrogen-bond acceptors (Lipinski definition) is 5. The van der Waals surface area contributed by atoms with Crippen LogP contribution in [0.4, 0.5) is 0 Å². The number of hydrogen-bond donors (Lipinski definition) is 0. The molecule has 0 radical (unpaired) electrons. The summed E-state index contributed by atoms with van der Waals surface area (Å²) in [6.45, 7) is 3.81. The third-order valence-corrected chi connectivity index (χ3v) is 4.85. The number of methoxy groups -OCH3 is 1. The van der Waals surface area contributed by atoms with Gasteiger partial charge >= 0.3 is 0 Å². The van der Waals surface area contributed by atoms with E-state index in [1.54, 1.807) is 30.1 Å². The van der Waals surface area contributed by atoms with Crippen molar-refractivity contribution in [3.05, 3.63) is 59.4 Å². The van der Waals surface area contributed by atoms with Gasteiger partial charge in [0, 0.05) is 36.5 Å². The number of ketones is 1.